The molecule has 2 heteroatoms. The quantitative estimate of drug-likeness (QED) is 0.230. The van der Waals surface area contributed by atoms with Crippen molar-refractivity contribution >= 4 is 19.6 Å². The van der Waals surface area contributed by atoms with Crippen molar-refractivity contribution in [1.82, 2.24) is 5.32 Å². The zero-order chi connectivity index (χ0) is 27.6. The molecule has 0 saturated heterocycles. The summed E-state index contributed by atoms with van der Waals surface area (Å²) in [6.07, 6.45) is 22.8. The summed E-state index contributed by atoms with van der Waals surface area (Å²) in [6.45, 7) is 4.90. The van der Waals surface area contributed by atoms with Crippen molar-refractivity contribution in [3.05, 3.63) is 119 Å². The van der Waals surface area contributed by atoms with Crippen LogP contribution in [-0.4, -0.2) is 14.8 Å². The van der Waals surface area contributed by atoms with Gasteiger partial charge >= 0.3 is 0 Å². The molecule has 2 aliphatic carbocycles. The Hall–Kier alpha value is -2.68. The Bertz CT molecular complexity index is 1210. The van der Waals surface area contributed by atoms with Crippen molar-refractivity contribution in [2.75, 3.05) is 0 Å². The molecule has 0 spiro atoms. The van der Waals surface area contributed by atoms with Gasteiger partial charge in [0.15, 0.2) is 0 Å². The highest BCUT2D eigenvalue weighted by molar-refractivity contribution is 6.71. The van der Waals surface area contributed by atoms with E-state index in [0.29, 0.717) is 6.04 Å². The Kier molecular flexibility index (Phi) is 10.3. The lowest BCUT2D eigenvalue weighted by Crippen LogP contribution is -2.51. The number of hydrogen-bond donors (Lipinski definition) is 1. The zero-order valence-corrected chi connectivity index (χ0v) is 25.8. The molecule has 0 aliphatic heterocycles. The molecule has 0 bridgehead atoms. The van der Waals surface area contributed by atoms with E-state index >= 15 is 0 Å². The predicted molar refractivity (Wildman–Crippen MR) is 176 cm³/mol. The summed E-state index contributed by atoms with van der Waals surface area (Å²) in [5.74, 6) is 0. The fourth-order valence-electron chi connectivity index (χ4n) is 6.97. The molecule has 0 atom stereocenters. The largest absolute Gasteiger partial charge is 0.297 e. The van der Waals surface area contributed by atoms with Gasteiger partial charge in [-0.3, -0.25) is 5.32 Å². The van der Waals surface area contributed by atoms with Crippen molar-refractivity contribution in [1.29, 1.82) is 0 Å². The molecule has 0 heterocycles. The fourth-order valence-corrected chi connectivity index (χ4v) is 8.20. The van der Waals surface area contributed by atoms with E-state index in [0.717, 1.165) is 6.42 Å². The van der Waals surface area contributed by atoms with Gasteiger partial charge in [-0.1, -0.05) is 173 Å². The Labute approximate surface area is 245 Å². The van der Waals surface area contributed by atoms with Crippen LogP contribution in [0.1, 0.15) is 99.3 Å². The summed E-state index contributed by atoms with van der Waals surface area (Å²) in [5.41, 5.74) is 6.65. The summed E-state index contributed by atoms with van der Waals surface area (Å²) in [6, 6.07) is 30.3. The SMILES string of the molecule is C[Si](C)c1cccc(C(NC2CCCCCCCCCCC2)(c2ccccc2)c2ccccc2)c1C1=CC=CC1. The molecular weight excluding hydrogens is 499 g/mol. The van der Waals surface area contributed by atoms with E-state index in [1.807, 2.05) is 0 Å². The van der Waals surface area contributed by atoms with E-state index in [-0.39, 0.29) is 0 Å². The molecule has 1 saturated carbocycles. The minimum absolute atomic E-state index is 0.420. The Morgan fingerprint density at radius 2 is 1.20 bits per heavy atom. The summed E-state index contributed by atoms with van der Waals surface area (Å²) in [5, 5.41) is 6.01. The molecule has 5 rings (SSSR count). The molecule has 209 valence electrons. The second-order valence-electron chi connectivity index (χ2n) is 12.1. The minimum Gasteiger partial charge on any atom is -0.297 e. The molecular formula is C38H48NSi. The number of hydrogen-bond acceptors (Lipinski definition) is 1. The molecule has 1 nitrogen and oxygen atoms in total. The van der Waals surface area contributed by atoms with Crippen molar-refractivity contribution in [2.45, 2.75) is 102 Å². The smallest absolute Gasteiger partial charge is 0.0955 e. The maximum atomic E-state index is 4.46. The molecule has 1 radical (unpaired) electrons. The highest BCUT2D eigenvalue weighted by Crippen LogP contribution is 2.42. The van der Waals surface area contributed by atoms with Gasteiger partial charge in [0.1, 0.15) is 0 Å². The standard InChI is InChI=1S/C38H48NSi/c1-40(2)36-30-20-29-35(37(36)31-21-18-19-22-31)38(32-23-12-10-13-24-32,33-25-14-11-15-26-33)39-34-27-16-8-6-4-3-5-7-9-17-28-34/h10-15,18-21,23-26,29-30,34,39H,3-9,16-17,22,27-28H2,1-2H3. The average molecular weight is 547 g/mol. The number of allylic oxidation sites excluding steroid dienone is 4. The molecule has 1 N–H and O–H groups in total. The minimum atomic E-state index is -0.678. The molecule has 0 amide bonds. The average Bonchev–Trinajstić information content (AvgIpc) is 3.52. The summed E-state index contributed by atoms with van der Waals surface area (Å²) >= 11 is 0. The lowest BCUT2D eigenvalue weighted by molar-refractivity contribution is 0.336. The first-order valence-electron chi connectivity index (χ1n) is 15.9. The second kappa shape index (κ2) is 14.3. The van der Waals surface area contributed by atoms with Gasteiger partial charge in [-0.25, -0.2) is 0 Å². The number of rotatable bonds is 7. The van der Waals surface area contributed by atoms with Crippen LogP contribution in [0.4, 0.5) is 0 Å². The van der Waals surface area contributed by atoms with Gasteiger partial charge in [0.25, 0.3) is 0 Å². The van der Waals surface area contributed by atoms with Crippen LogP contribution in [0.5, 0.6) is 0 Å². The number of benzene rings is 3. The lowest BCUT2D eigenvalue weighted by atomic mass is 9.73. The van der Waals surface area contributed by atoms with Crippen molar-refractivity contribution in [2.24, 2.45) is 0 Å². The normalized spacial score (nSPS) is 17.8. The molecule has 1 fully saturated rings. The zero-order valence-electron chi connectivity index (χ0n) is 24.8. The third-order valence-corrected chi connectivity index (χ3v) is 10.5. The molecule has 3 aromatic carbocycles. The maximum Gasteiger partial charge on any atom is 0.0955 e. The molecule has 40 heavy (non-hydrogen) atoms. The summed E-state index contributed by atoms with van der Waals surface area (Å²) < 4.78 is 0. The van der Waals surface area contributed by atoms with Gasteiger partial charge in [0.05, 0.1) is 14.3 Å². The summed E-state index contributed by atoms with van der Waals surface area (Å²) in [7, 11) is -0.678. The van der Waals surface area contributed by atoms with Gasteiger partial charge in [0, 0.05) is 6.04 Å². The first-order chi connectivity index (χ1) is 19.7. The van der Waals surface area contributed by atoms with E-state index in [9.17, 15) is 0 Å². The highest BCUT2D eigenvalue weighted by Gasteiger charge is 2.40. The van der Waals surface area contributed by atoms with Crippen molar-refractivity contribution in [3.63, 3.8) is 0 Å². The Morgan fingerprint density at radius 3 is 1.70 bits per heavy atom. The Balaban J connectivity index is 1.70. The van der Waals surface area contributed by atoms with Gasteiger partial charge in [-0.05, 0) is 47.1 Å². The van der Waals surface area contributed by atoms with Crippen LogP contribution >= 0.6 is 0 Å². The van der Waals surface area contributed by atoms with Gasteiger partial charge in [-0.15, -0.1) is 0 Å². The van der Waals surface area contributed by atoms with Crippen LogP contribution in [0, 0.1) is 0 Å². The molecule has 2 aliphatic rings. The fraction of sp³-hybridized carbons (Fsp3) is 0.421. The highest BCUT2D eigenvalue weighted by atomic mass is 28.3. The number of nitrogens with one attached hydrogen (secondary N) is 1. The lowest BCUT2D eigenvalue weighted by Gasteiger charge is -2.42. The van der Waals surface area contributed by atoms with E-state index in [1.165, 1.54) is 98.5 Å². The van der Waals surface area contributed by atoms with Crippen LogP contribution in [-0.2, 0) is 5.54 Å². The third-order valence-electron chi connectivity index (χ3n) is 9.04. The first-order valence-corrected chi connectivity index (χ1v) is 18.4. The van der Waals surface area contributed by atoms with Crippen molar-refractivity contribution in [3.8, 4) is 0 Å². The van der Waals surface area contributed by atoms with E-state index in [1.54, 1.807) is 5.19 Å². The summed E-state index contributed by atoms with van der Waals surface area (Å²) in [4.78, 5) is 0. The van der Waals surface area contributed by atoms with E-state index in [2.05, 4.69) is 116 Å². The molecule has 0 aromatic heterocycles. The predicted octanol–water partition coefficient (Wildman–Crippen LogP) is 9.55. The van der Waals surface area contributed by atoms with Gasteiger partial charge in [-0.2, -0.15) is 0 Å². The van der Waals surface area contributed by atoms with Crippen LogP contribution in [0.2, 0.25) is 13.1 Å². The second-order valence-corrected chi connectivity index (χ2v) is 14.7. The van der Waals surface area contributed by atoms with Crippen LogP contribution in [0.3, 0.4) is 0 Å². The van der Waals surface area contributed by atoms with Crippen molar-refractivity contribution < 1.29 is 0 Å². The first kappa shape index (κ1) is 28.8. The van der Waals surface area contributed by atoms with Crippen LogP contribution < -0.4 is 10.5 Å². The van der Waals surface area contributed by atoms with E-state index in [4.69, 9.17) is 0 Å². The monoisotopic (exact) mass is 546 g/mol. The van der Waals surface area contributed by atoms with Gasteiger partial charge in [0.2, 0.25) is 0 Å². The van der Waals surface area contributed by atoms with E-state index < -0.39 is 14.3 Å². The third kappa shape index (κ3) is 6.61. The maximum absolute atomic E-state index is 4.46. The topological polar surface area (TPSA) is 12.0 Å². The molecule has 0 unspecified atom stereocenters. The van der Waals surface area contributed by atoms with Crippen LogP contribution in [0.25, 0.3) is 5.57 Å². The molecule has 3 aromatic rings. The van der Waals surface area contributed by atoms with Gasteiger partial charge < -0.3 is 0 Å². The Morgan fingerprint density at radius 1 is 0.650 bits per heavy atom. The van der Waals surface area contributed by atoms with Crippen LogP contribution in [0.15, 0.2) is 97.1 Å².